The Balaban J connectivity index is 2.08. The number of Topliss-reactive ketones (excluding diaryl/α,β-unsaturated/α-hetero) is 1. The van der Waals surface area contributed by atoms with Crippen molar-refractivity contribution in [2.24, 2.45) is 5.10 Å². The van der Waals surface area contributed by atoms with Gasteiger partial charge in [0.25, 0.3) is 5.91 Å². The van der Waals surface area contributed by atoms with E-state index in [2.05, 4.69) is 27.2 Å². The average molecular weight is 413 g/mol. The van der Waals surface area contributed by atoms with Crippen LogP contribution in [0.15, 0.2) is 41.8 Å². The lowest BCUT2D eigenvalue weighted by atomic mass is 10.1. The van der Waals surface area contributed by atoms with Crippen LogP contribution in [0.2, 0.25) is 15.1 Å². The highest BCUT2D eigenvalue weighted by molar-refractivity contribution is 6.46. The topological polar surface area (TPSA) is 90.4 Å². The molecule has 1 atom stereocenters. The zero-order valence-corrected chi connectivity index (χ0v) is 15.7. The van der Waals surface area contributed by atoms with Crippen molar-refractivity contribution in [3.05, 3.63) is 57.3 Å². The Morgan fingerprint density at radius 1 is 1.27 bits per heavy atom. The fourth-order valence-electron chi connectivity index (χ4n) is 2.34. The molecule has 1 amide bonds. The number of halogens is 3. The maximum atomic E-state index is 12.8. The second-order valence-corrected chi connectivity index (χ2v) is 6.77. The molecule has 0 saturated carbocycles. The Labute approximate surface area is 163 Å². The summed E-state index contributed by atoms with van der Waals surface area (Å²) in [5.74, 6) is -1.07. The van der Waals surface area contributed by atoms with Gasteiger partial charge in [0.05, 0.1) is 27.0 Å². The van der Waals surface area contributed by atoms with Crippen LogP contribution in [0.4, 0.5) is 5.69 Å². The molecule has 2 aromatic rings. The van der Waals surface area contributed by atoms with Crippen LogP contribution in [-0.4, -0.2) is 27.7 Å². The normalized spacial score (nSPS) is 16.6. The van der Waals surface area contributed by atoms with Gasteiger partial charge >= 0.3 is 0 Å². The smallest absolute Gasteiger partial charge is 0.251 e. The molecular formula is C16H12Cl3N5O2. The quantitative estimate of drug-likeness (QED) is 0.596. The number of aromatic nitrogens is 2. The van der Waals surface area contributed by atoms with E-state index < -0.39 is 17.7 Å². The fourth-order valence-corrected chi connectivity index (χ4v) is 2.97. The van der Waals surface area contributed by atoms with Gasteiger partial charge in [0.2, 0.25) is 5.78 Å². The van der Waals surface area contributed by atoms with Crippen molar-refractivity contribution in [1.82, 2.24) is 15.5 Å². The molecule has 2 N–H and O–H groups in total. The largest absolute Gasteiger partial charge is 0.302 e. The lowest BCUT2D eigenvalue weighted by molar-refractivity contribution is -0.118. The second kappa shape index (κ2) is 7.11. The number of nitrogens with one attached hydrogen (secondary N) is 2. The number of hydrazone groups is 1. The molecule has 1 unspecified atom stereocenters. The average Bonchev–Trinajstić information content (AvgIpc) is 3.19. The Morgan fingerprint density at radius 3 is 2.58 bits per heavy atom. The zero-order valence-electron chi connectivity index (χ0n) is 13.4. The van der Waals surface area contributed by atoms with Crippen LogP contribution >= 0.6 is 34.8 Å². The molecule has 0 spiro atoms. The summed E-state index contributed by atoms with van der Waals surface area (Å²) in [6.07, 6.45) is 3.04. The molecule has 1 aromatic carbocycles. The predicted octanol–water partition coefficient (Wildman–Crippen LogP) is 3.51. The van der Waals surface area contributed by atoms with Crippen molar-refractivity contribution in [1.29, 1.82) is 0 Å². The monoisotopic (exact) mass is 411 g/mol. The lowest BCUT2D eigenvalue weighted by Gasteiger charge is -2.22. The van der Waals surface area contributed by atoms with Crippen molar-refractivity contribution in [2.45, 2.75) is 13.0 Å². The van der Waals surface area contributed by atoms with Crippen LogP contribution in [0.1, 0.15) is 18.5 Å². The number of nitrogens with zero attached hydrogens (tertiary/aromatic N) is 3. The molecule has 0 saturated heterocycles. The Hall–Kier alpha value is -2.35. The van der Waals surface area contributed by atoms with E-state index in [-0.39, 0.29) is 26.5 Å². The molecular weight excluding hydrogens is 401 g/mol. The minimum atomic E-state index is -0.871. The van der Waals surface area contributed by atoms with E-state index in [1.807, 2.05) is 0 Å². The Morgan fingerprint density at radius 2 is 1.96 bits per heavy atom. The van der Waals surface area contributed by atoms with Gasteiger partial charge in [0, 0.05) is 17.3 Å². The summed E-state index contributed by atoms with van der Waals surface area (Å²) >= 11 is 18.3. The number of benzene rings is 1. The first-order chi connectivity index (χ1) is 12.3. The Kier molecular flexibility index (Phi) is 5.04. The van der Waals surface area contributed by atoms with Gasteiger partial charge in [-0.3, -0.25) is 14.7 Å². The molecule has 3 rings (SSSR count). The fraction of sp³-hybridized carbons (Fsp3) is 0.125. The number of ketones is 1. The highest BCUT2D eigenvalue weighted by atomic mass is 35.5. The summed E-state index contributed by atoms with van der Waals surface area (Å²) in [7, 11) is 0. The van der Waals surface area contributed by atoms with Gasteiger partial charge < -0.3 is 5.32 Å². The maximum absolute atomic E-state index is 12.8. The highest BCUT2D eigenvalue weighted by Gasteiger charge is 2.40. The van der Waals surface area contributed by atoms with Crippen LogP contribution in [0, 0.1) is 0 Å². The number of hydrogen-bond donors (Lipinski definition) is 2. The predicted molar refractivity (Wildman–Crippen MR) is 101 cm³/mol. The van der Waals surface area contributed by atoms with E-state index in [1.165, 1.54) is 30.3 Å². The van der Waals surface area contributed by atoms with Gasteiger partial charge in [-0.15, -0.1) is 5.10 Å². The minimum absolute atomic E-state index is 0.133. The molecule has 0 radical (unpaired) electrons. The molecule has 1 aliphatic rings. The summed E-state index contributed by atoms with van der Waals surface area (Å²) in [6.45, 7) is 5.07. The summed E-state index contributed by atoms with van der Waals surface area (Å²) in [6, 6.07) is 2.08. The number of H-pyrrole nitrogens is 1. The number of anilines is 1. The van der Waals surface area contributed by atoms with Crippen molar-refractivity contribution in [3.8, 4) is 0 Å². The van der Waals surface area contributed by atoms with E-state index in [0.717, 1.165) is 0 Å². The first kappa shape index (κ1) is 18.4. The van der Waals surface area contributed by atoms with Crippen LogP contribution in [0.25, 0.3) is 0 Å². The number of rotatable bonds is 3. The minimum Gasteiger partial charge on any atom is -0.302 e. The maximum Gasteiger partial charge on any atom is 0.251 e. The molecule has 134 valence electrons. The van der Waals surface area contributed by atoms with Crippen LogP contribution < -0.4 is 10.3 Å². The van der Waals surface area contributed by atoms with E-state index >= 15 is 0 Å². The van der Waals surface area contributed by atoms with Crippen LogP contribution in [0.5, 0.6) is 0 Å². The molecule has 26 heavy (non-hydrogen) atoms. The number of amides is 1. The molecule has 1 aliphatic heterocycles. The number of amidine groups is 1. The van der Waals surface area contributed by atoms with Crippen molar-refractivity contribution in [3.63, 3.8) is 0 Å². The van der Waals surface area contributed by atoms with E-state index in [4.69, 9.17) is 34.8 Å². The summed E-state index contributed by atoms with van der Waals surface area (Å²) in [5.41, 5.74) is 1.15. The first-order valence-electron chi connectivity index (χ1n) is 7.31. The standard InChI is InChI=1S/C16H12Cl3N5O2/c1-7(2)16(26)22-15-14(25)13(8-5-20-21-6-8)24(23-15)12-4-10(18)9(17)3-11(12)19/h3-6,13H,1H2,2H3,(H,20,21)(H,22,23,26). The SMILES string of the molecule is C=C(C)C(=O)NC1=NN(c2cc(Cl)c(Cl)cc2Cl)C(c2cn[nH]c2)C1=O. The first-order valence-corrected chi connectivity index (χ1v) is 8.45. The third kappa shape index (κ3) is 3.33. The summed E-state index contributed by atoms with van der Waals surface area (Å²) in [4.78, 5) is 24.7. The highest BCUT2D eigenvalue weighted by Crippen LogP contribution is 2.40. The second-order valence-electron chi connectivity index (χ2n) is 5.54. The summed E-state index contributed by atoms with van der Waals surface area (Å²) in [5, 5.41) is 15.3. The van der Waals surface area contributed by atoms with Gasteiger partial charge in [-0.1, -0.05) is 41.4 Å². The van der Waals surface area contributed by atoms with E-state index in [1.54, 1.807) is 6.20 Å². The van der Waals surface area contributed by atoms with Gasteiger partial charge in [-0.05, 0) is 19.1 Å². The van der Waals surface area contributed by atoms with E-state index in [9.17, 15) is 9.59 Å². The summed E-state index contributed by atoms with van der Waals surface area (Å²) < 4.78 is 0. The molecule has 10 heteroatoms. The third-order valence-corrected chi connectivity index (χ3v) is 4.65. The molecule has 1 aromatic heterocycles. The van der Waals surface area contributed by atoms with Crippen LogP contribution in [0.3, 0.4) is 0 Å². The van der Waals surface area contributed by atoms with Crippen molar-refractivity contribution >= 4 is 58.0 Å². The molecule has 0 fully saturated rings. The molecule has 2 heterocycles. The third-order valence-electron chi connectivity index (χ3n) is 3.63. The van der Waals surface area contributed by atoms with Crippen molar-refractivity contribution < 1.29 is 9.59 Å². The zero-order chi connectivity index (χ0) is 19.0. The number of carbonyl (C=O) groups is 2. The number of carbonyl (C=O) groups excluding carboxylic acids is 2. The molecule has 0 aliphatic carbocycles. The van der Waals surface area contributed by atoms with Crippen LogP contribution in [-0.2, 0) is 9.59 Å². The van der Waals surface area contributed by atoms with E-state index in [0.29, 0.717) is 11.3 Å². The molecule has 0 bridgehead atoms. The van der Waals surface area contributed by atoms with Gasteiger partial charge in [0.1, 0.15) is 6.04 Å². The van der Waals surface area contributed by atoms with Crippen molar-refractivity contribution in [2.75, 3.05) is 5.01 Å². The lowest BCUT2D eigenvalue weighted by Crippen LogP contribution is -2.36. The van der Waals surface area contributed by atoms with Gasteiger partial charge in [-0.25, -0.2) is 5.01 Å². The number of hydrogen-bond acceptors (Lipinski definition) is 5. The number of aromatic amines is 1. The van der Waals surface area contributed by atoms with Gasteiger partial charge in [0.15, 0.2) is 5.84 Å². The Bertz CT molecular complexity index is 940. The van der Waals surface area contributed by atoms with Gasteiger partial charge in [-0.2, -0.15) is 5.10 Å². The molecule has 7 nitrogen and oxygen atoms in total.